The van der Waals surface area contributed by atoms with Crippen molar-refractivity contribution < 1.29 is 23.9 Å². The van der Waals surface area contributed by atoms with E-state index in [0.29, 0.717) is 18.4 Å². The van der Waals surface area contributed by atoms with Gasteiger partial charge in [0.1, 0.15) is 5.60 Å². The fraction of sp³-hybridized carbons (Fsp3) is 0.550. The van der Waals surface area contributed by atoms with E-state index >= 15 is 0 Å². The van der Waals surface area contributed by atoms with Gasteiger partial charge in [0.25, 0.3) is 0 Å². The van der Waals surface area contributed by atoms with Crippen LogP contribution in [-0.4, -0.2) is 48.0 Å². The molecule has 0 aliphatic heterocycles. The van der Waals surface area contributed by atoms with Crippen molar-refractivity contribution in [3.63, 3.8) is 0 Å². The second-order valence-electron chi connectivity index (χ2n) is 7.73. The quantitative estimate of drug-likeness (QED) is 0.507. The van der Waals surface area contributed by atoms with Crippen molar-refractivity contribution >= 4 is 33.8 Å². The molecular weight excluding hydrogens is 414 g/mol. The molecule has 2 rings (SSSR count). The number of hydrogen-bond donors (Lipinski definition) is 0. The predicted octanol–water partition coefficient (Wildman–Crippen LogP) is 4.21. The van der Waals surface area contributed by atoms with Crippen LogP contribution in [0.3, 0.4) is 0 Å². The minimum atomic E-state index is -0.600. The summed E-state index contributed by atoms with van der Waals surface area (Å²) in [5.74, 6) is -1.15. The van der Waals surface area contributed by atoms with E-state index in [0.717, 1.165) is 10.9 Å². The first kappa shape index (κ1) is 21.4. The summed E-state index contributed by atoms with van der Waals surface area (Å²) < 4.78 is 11.5. The van der Waals surface area contributed by atoms with Gasteiger partial charge in [-0.25, -0.2) is 4.79 Å². The summed E-state index contributed by atoms with van der Waals surface area (Å²) in [6.45, 7) is 5.09. The number of amides is 1. The fourth-order valence-corrected chi connectivity index (χ4v) is 3.38. The zero-order valence-electron chi connectivity index (χ0n) is 16.2. The maximum absolute atomic E-state index is 12.5. The van der Waals surface area contributed by atoms with E-state index in [4.69, 9.17) is 9.47 Å². The summed E-state index contributed by atoms with van der Waals surface area (Å²) in [6, 6.07) is 6.59. The Balaban J connectivity index is 1.93. The first-order valence-electron chi connectivity index (χ1n) is 8.99. The van der Waals surface area contributed by atoms with Gasteiger partial charge in [-0.1, -0.05) is 34.5 Å². The van der Waals surface area contributed by atoms with E-state index in [1.165, 1.54) is 4.90 Å². The van der Waals surface area contributed by atoms with Gasteiger partial charge in [0.2, 0.25) is 0 Å². The zero-order chi connectivity index (χ0) is 20.2. The zero-order valence-corrected chi connectivity index (χ0v) is 17.7. The highest BCUT2D eigenvalue weighted by atomic mass is 79.9. The number of benzene rings is 1. The number of carbonyl (C=O) groups excluding carboxylic acids is 3. The van der Waals surface area contributed by atoms with Gasteiger partial charge in [-0.2, -0.15) is 0 Å². The number of ketones is 1. The average molecular weight is 440 g/mol. The second kappa shape index (κ2) is 8.87. The van der Waals surface area contributed by atoms with Gasteiger partial charge < -0.3 is 14.4 Å². The van der Waals surface area contributed by atoms with E-state index < -0.39 is 23.6 Å². The molecule has 0 heterocycles. The summed E-state index contributed by atoms with van der Waals surface area (Å²) in [5.41, 5.74) is -0.114. The van der Waals surface area contributed by atoms with Crippen molar-refractivity contribution in [3.05, 3.63) is 34.3 Å². The molecule has 1 aliphatic carbocycles. The van der Waals surface area contributed by atoms with Crippen LogP contribution in [0.4, 0.5) is 4.79 Å². The van der Waals surface area contributed by atoms with Crippen LogP contribution in [0.5, 0.6) is 0 Å². The summed E-state index contributed by atoms with van der Waals surface area (Å²) in [6.07, 6.45) is 1.69. The second-order valence-corrected chi connectivity index (χ2v) is 8.65. The van der Waals surface area contributed by atoms with Crippen molar-refractivity contribution in [1.29, 1.82) is 0 Å². The Morgan fingerprint density at radius 2 is 1.78 bits per heavy atom. The lowest BCUT2D eigenvalue weighted by Crippen LogP contribution is -2.44. The molecular formula is C20H26BrNO5. The third-order valence-corrected chi connectivity index (χ3v) is 5.00. The number of rotatable bonds is 5. The largest absolute Gasteiger partial charge is 0.457 e. The normalized spacial score (nSPS) is 19.4. The Morgan fingerprint density at radius 3 is 2.37 bits per heavy atom. The molecule has 1 saturated carbocycles. The van der Waals surface area contributed by atoms with Crippen LogP contribution >= 0.6 is 15.9 Å². The van der Waals surface area contributed by atoms with Crippen molar-refractivity contribution in [2.24, 2.45) is 5.92 Å². The molecule has 0 aromatic heterocycles. The lowest BCUT2D eigenvalue weighted by Gasteiger charge is -2.31. The monoisotopic (exact) mass is 439 g/mol. The van der Waals surface area contributed by atoms with E-state index in [9.17, 15) is 14.4 Å². The number of halogens is 1. The van der Waals surface area contributed by atoms with Gasteiger partial charge in [0.05, 0.1) is 5.92 Å². The molecule has 0 radical (unpaired) electrons. The van der Waals surface area contributed by atoms with Crippen molar-refractivity contribution in [2.45, 2.75) is 51.7 Å². The van der Waals surface area contributed by atoms with Crippen LogP contribution in [0.2, 0.25) is 0 Å². The number of hydrogen-bond acceptors (Lipinski definition) is 5. The molecule has 27 heavy (non-hydrogen) atoms. The van der Waals surface area contributed by atoms with Crippen LogP contribution in [0.25, 0.3) is 0 Å². The van der Waals surface area contributed by atoms with Crippen molar-refractivity contribution in [3.8, 4) is 0 Å². The molecule has 6 nitrogen and oxygen atoms in total. The molecule has 1 amide bonds. The highest BCUT2D eigenvalue weighted by molar-refractivity contribution is 9.10. The van der Waals surface area contributed by atoms with Gasteiger partial charge in [0, 0.05) is 23.1 Å². The smallest absolute Gasteiger partial charge is 0.410 e. The van der Waals surface area contributed by atoms with Crippen LogP contribution in [0.15, 0.2) is 28.7 Å². The van der Waals surface area contributed by atoms with E-state index in [1.807, 2.05) is 0 Å². The Labute approximate surface area is 168 Å². The minimum Gasteiger partial charge on any atom is -0.457 e. The van der Waals surface area contributed by atoms with Crippen molar-refractivity contribution in [2.75, 3.05) is 13.7 Å². The number of ether oxygens (including phenoxy) is 2. The Hall–Kier alpha value is -1.89. The summed E-state index contributed by atoms with van der Waals surface area (Å²) in [7, 11) is 1.64. The fourth-order valence-electron chi connectivity index (χ4n) is 3.11. The van der Waals surface area contributed by atoms with Gasteiger partial charge >= 0.3 is 12.1 Å². The maximum Gasteiger partial charge on any atom is 0.410 e. The van der Waals surface area contributed by atoms with Crippen LogP contribution in [-0.2, 0) is 14.3 Å². The molecule has 0 bridgehead atoms. The molecule has 1 aromatic carbocycles. The molecule has 2 unspecified atom stereocenters. The standard InChI is InChI=1S/C20H26BrNO5/c1-20(2,3)27-19(25)22(4)16-7-5-6-15(16)18(24)26-12-17(23)13-8-10-14(21)11-9-13/h8-11,15-16H,5-7,12H2,1-4H3. The van der Waals surface area contributed by atoms with Gasteiger partial charge in [-0.05, 0) is 45.7 Å². The molecule has 0 N–H and O–H groups in total. The molecule has 0 saturated heterocycles. The lowest BCUT2D eigenvalue weighted by atomic mass is 10.0. The van der Waals surface area contributed by atoms with Crippen molar-refractivity contribution in [1.82, 2.24) is 4.90 Å². The van der Waals surface area contributed by atoms with Gasteiger partial charge in [-0.3, -0.25) is 9.59 Å². The van der Waals surface area contributed by atoms with E-state index in [-0.39, 0.29) is 18.4 Å². The van der Waals surface area contributed by atoms with Gasteiger partial charge in [-0.15, -0.1) is 0 Å². The predicted molar refractivity (Wildman–Crippen MR) is 105 cm³/mol. The maximum atomic E-state index is 12.5. The van der Waals surface area contributed by atoms with Crippen LogP contribution in [0, 0.1) is 5.92 Å². The SMILES string of the molecule is CN(C(=O)OC(C)(C)C)C1CCCC1C(=O)OCC(=O)c1ccc(Br)cc1. The summed E-state index contributed by atoms with van der Waals surface area (Å²) in [4.78, 5) is 38.4. The Kier molecular flexibility index (Phi) is 7.03. The molecule has 7 heteroatoms. The average Bonchev–Trinajstić information content (AvgIpc) is 3.07. The molecule has 1 aromatic rings. The third kappa shape index (κ3) is 6.06. The molecule has 0 spiro atoms. The number of esters is 1. The summed E-state index contributed by atoms with van der Waals surface area (Å²) >= 11 is 3.31. The number of nitrogens with zero attached hydrogens (tertiary/aromatic N) is 1. The van der Waals surface area contributed by atoms with E-state index in [1.54, 1.807) is 52.1 Å². The first-order valence-corrected chi connectivity index (χ1v) is 9.79. The van der Waals surface area contributed by atoms with Gasteiger partial charge in [0.15, 0.2) is 12.4 Å². The Bertz CT molecular complexity index is 695. The van der Waals surface area contributed by atoms with E-state index in [2.05, 4.69) is 15.9 Å². The molecule has 1 aliphatic rings. The topological polar surface area (TPSA) is 72.9 Å². The first-order chi connectivity index (χ1) is 12.6. The third-order valence-electron chi connectivity index (χ3n) is 4.47. The van der Waals surface area contributed by atoms with Crippen LogP contribution in [0.1, 0.15) is 50.4 Å². The highest BCUT2D eigenvalue weighted by Crippen LogP contribution is 2.31. The number of Topliss-reactive ketones (excluding diaryl/α,β-unsaturated/α-hetero) is 1. The molecule has 148 valence electrons. The Morgan fingerprint density at radius 1 is 1.15 bits per heavy atom. The number of carbonyl (C=O) groups is 3. The minimum absolute atomic E-state index is 0.258. The molecule has 2 atom stereocenters. The van der Waals surface area contributed by atoms with Crippen LogP contribution < -0.4 is 0 Å². The molecule has 1 fully saturated rings. The summed E-state index contributed by atoms with van der Waals surface area (Å²) in [5, 5.41) is 0. The highest BCUT2D eigenvalue weighted by Gasteiger charge is 2.39. The lowest BCUT2D eigenvalue weighted by molar-refractivity contribution is -0.148.